The fraction of sp³-hybridized carbons (Fsp3) is 0.286. The van der Waals surface area contributed by atoms with Gasteiger partial charge in [0.05, 0.1) is 11.4 Å². The van der Waals surface area contributed by atoms with Crippen molar-refractivity contribution in [3.8, 4) is 0 Å². The largest absolute Gasteiger partial charge is 0.354 e. The number of aryl methyl sites for hydroxylation is 1. The molecule has 0 atom stereocenters. The van der Waals surface area contributed by atoms with Gasteiger partial charge in [0.25, 0.3) is 0 Å². The van der Waals surface area contributed by atoms with Crippen molar-refractivity contribution in [2.75, 3.05) is 10.6 Å². The van der Waals surface area contributed by atoms with Crippen LogP contribution < -0.4 is 10.6 Å². The highest BCUT2D eigenvalue weighted by molar-refractivity contribution is 6.01. The van der Waals surface area contributed by atoms with Crippen LogP contribution in [0, 0.1) is 0 Å². The Hall–Kier alpha value is -2.55. The highest BCUT2D eigenvalue weighted by Crippen LogP contribution is 2.26. The van der Waals surface area contributed by atoms with Crippen LogP contribution in [0.1, 0.15) is 38.2 Å². The van der Waals surface area contributed by atoms with Crippen molar-refractivity contribution in [3.63, 3.8) is 0 Å². The first-order valence-electron chi connectivity index (χ1n) is 8.61. The van der Waals surface area contributed by atoms with Gasteiger partial charge in [0.1, 0.15) is 0 Å². The van der Waals surface area contributed by atoms with E-state index in [9.17, 15) is 4.79 Å². The molecular weight excluding hydrogens is 296 g/mol. The number of amides is 1. The third-order valence-corrected chi connectivity index (χ3v) is 3.90. The molecule has 0 aliphatic heterocycles. The van der Waals surface area contributed by atoms with Gasteiger partial charge in [-0.2, -0.15) is 0 Å². The quantitative estimate of drug-likeness (QED) is 0.461. The van der Waals surface area contributed by atoms with E-state index in [2.05, 4.69) is 42.3 Å². The van der Waals surface area contributed by atoms with E-state index in [1.165, 1.54) is 37.3 Å². The third-order valence-electron chi connectivity index (χ3n) is 3.90. The molecule has 126 valence electrons. The molecule has 0 bridgehead atoms. The van der Waals surface area contributed by atoms with E-state index < -0.39 is 0 Å². The number of benzene rings is 2. The van der Waals surface area contributed by atoms with E-state index in [1.807, 2.05) is 30.3 Å². The summed E-state index contributed by atoms with van der Waals surface area (Å²) < 4.78 is 0. The first kappa shape index (κ1) is 17.8. The number of rotatable bonds is 9. The SMILES string of the molecule is C=CC(=O)Nc1ccccc1Nc1cccc(CCCCCC)c1. The number of hydrogen-bond acceptors (Lipinski definition) is 2. The van der Waals surface area contributed by atoms with Crippen LogP contribution in [0.2, 0.25) is 0 Å². The van der Waals surface area contributed by atoms with Crippen LogP contribution in [-0.2, 0) is 11.2 Å². The Morgan fingerprint density at radius 2 is 1.83 bits per heavy atom. The molecule has 0 aromatic heterocycles. The number of anilines is 3. The lowest BCUT2D eigenvalue weighted by Gasteiger charge is -2.13. The standard InChI is InChI=1S/C21H26N2O/c1-3-5-6-7-11-17-12-10-13-18(16-17)22-19-14-8-9-15-20(19)23-21(24)4-2/h4,8-10,12-16,22H,2-3,5-7,11H2,1H3,(H,23,24). The normalized spacial score (nSPS) is 10.2. The van der Waals surface area contributed by atoms with Gasteiger partial charge in [-0.3, -0.25) is 4.79 Å². The second kappa shape index (κ2) is 9.56. The van der Waals surface area contributed by atoms with Crippen LogP contribution in [-0.4, -0.2) is 5.91 Å². The maximum atomic E-state index is 11.6. The molecule has 0 aliphatic carbocycles. The van der Waals surface area contributed by atoms with Crippen molar-refractivity contribution in [3.05, 3.63) is 66.7 Å². The number of unbranched alkanes of at least 4 members (excludes halogenated alkanes) is 3. The zero-order valence-electron chi connectivity index (χ0n) is 14.3. The molecule has 0 heterocycles. The van der Waals surface area contributed by atoms with Crippen molar-refractivity contribution in [2.24, 2.45) is 0 Å². The lowest BCUT2D eigenvalue weighted by molar-refractivity contribution is -0.111. The van der Waals surface area contributed by atoms with Crippen LogP contribution in [0.5, 0.6) is 0 Å². The lowest BCUT2D eigenvalue weighted by Crippen LogP contribution is -2.09. The molecule has 2 rings (SSSR count). The van der Waals surface area contributed by atoms with Gasteiger partial charge in [0.15, 0.2) is 0 Å². The molecular formula is C21H26N2O. The van der Waals surface area contributed by atoms with Gasteiger partial charge in [-0.1, -0.05) is 57.0 Å². The molecule has 2 N–H and O–H groups in total. The van der Waals surface area contributed by atoms with E-state index in [1.54, 1.807) is 0 Å². The molecule has 0 fully saturated rings. The molecule has 0 spiro atoms. The minimum atomic E-state index is -0.214. The summed E-state index contributed by atoms with van der Waals surface area (Å²) in [4.78, 5) is 11.6. The number of hydrogen-bond donors (Lipinski definition) is 2. The Balaban J connectivity index is 2.05. The van der Waals surface area contributed by atoms with E-state index in [4.69, 9.17) is 0 Å². The Bertz CT molecular complexity index is 679. The number of nitrogens with one attached hydrogen (secondary N) is 2. The summed E-state index contributed by atoms with van der Waals surface area (Å²) in [6, 6.07) is 16.1. The molecule has 0 saturated carbocycles. The molecule has 0 aliphatic rings. The Morgan fingerprint density at radius 1 is 1.04 bits per heavy atom. The van der Waals surface area contributed by atoms with Crippen molar-refractivity contribution in [2.45, 2.75) is 39.0 Å². The van der Waals surface area contributed by atoms with Crippen LogP contribution in [0.3, 0.4) is 0 Å². The fourth-order valence-corrected chi connectivity index (χ4v) is 2.60. The van der Waals surface area contributed by atoms with E-state index in [-0.39, 0.29) is 5.91 Å². The summed E-state index contributed by atoms with van der Waals surface area (Å²) in [6.07, 6.45) is 7.44. The highest BCUT2D eigenvalue weighted by Gasteiger charge is 2.05. The molecule has 24 heavy (non-hydrogen) atoms. The predicted molar refractivity (Wildman–Crippen MR) is 103 cm³/mol. The second-order valence-corrected chi connectivity index (χ2v) is 5.87. The van der Waals surface area contributed by atoms with Crippen LogP contribution >= 0.6 is 0 Å². The second-order valence-electron chi connectivity index (χ2n) is 5.87. The summed E-state index contributed by atoms with van der Waals surface area (Å²) in [5, 5.41) is 6.22. The van der Waals surface area contributed by atoms with E-state index in [0.717, 1.165) is 23.5 Å². The summed E-state index contributed by atoms with van der Waals surface area (Å²) in [7, 11) is 0. The summed E-state index contributed by atoms with van der Waals surface area (Å²) in [6.45, 7) is 5.72. The van der Waals surface area contributed by atoms with Crippen LogP contribution in [0.25, 0.3) is 0 Å². The summed E-state index contributed by atoms with van der Waals surface area (Å²) in [5.41, 5.74) is 3.98. The average Bonchev–Trinajstić information content (AvgIpc) is 2.61. The average molecular weight is 322 g/mol. The van der Waals surface area contributed by atoms with Crippen LogP contribution in [0.4, 0.5) is 17.1 Å². The molecule has 3 nitrogen and oxygen atoms in total. The predicted octanol–water partition coefficient (Wildman–Crippen LogP) is 5.68. The van der Waals surface area contributed by atoms with Crippen molar-refractivity contribution in [1.82, 2.24) is 0 Å². The van der Waals surface area contributed by atoms with E-state index in [0.29, 0.717) is 0 Å². The van der Waals surface area contributed by atoms with Gasteiger partial charge in [0.2, 0.25) is 5.91 Å². The third kappa shape index (κ3) is 5.58. The monoisotopic (exact) mass is 322 g/mol. The van der Waals surface area contributed by atoms with Crippen molar-refractivity contribution < 1.29 is 4.79 Å². The molecule has 0 radical (unpaired) electrons. The Kier molecular flexibility index (Phi) is 7.09. The molecule has 2 aromatic carbocycles. The minimum Gasteiger partial charge on any atom is -0.354 e. The Labute approximate surface area is 144 Å². The van der Waals surface area contributed by atoms with Gasteiger partial charge < -0.3 is 10.6 Å². The zero-order valence-corrected chi connectivity index (χ0v) is 14.3. The first-order chi connectivity index (χ1) is 11.7. The van der Waals surface area contributed by atoms with Gasteiger partial charge in [-0.15, -0.1) is 0 Å². The number of para-hydroxylation sites is 2. The lowest BCUT2D eigenvalue weighted by atomic mass is 10.1. The maximum Gasteiger partial charge on any atom is 0.247 e. The highest BCUT2D eigenvalue weighted by atomic mass is 16.1. The first-order valence-corrected chi connectivity index (χ1v) is 8.61. The minimum absolute atomic E-state index is 0.214. The molecule has 3 heteroatoms. The zero-order chi connectivity index (χ0) is 17.2. The fourth-order valence-electron chi connectivity index (χ4n) is 2.60. The van der Waals surface area contributed by atoms with Gasteiger partial charge in [0, 0.05) is 5.69 Å². The van der Waals surface area contributed by atoms with Gasteiger partial charge in [-0.25, -0.2) is 0 Å². The topological polar surface area (TPSA) is 41.1 Å². The molecule has 0 saturated heterocycles. The molecule has 2 aromatic rings. The van der Waals surface area contributed by atoms with Crippen LogP contribution in [0.15, 0.2) is 61.2 Å². The number of carbonyl (C=O) groups is 1. The van der Waals surface area contributed by atoms with Gasteiger partial charge in [-0.05, 0) is 48.7 Å². The smallest absolute Gasteiger partial charge is 0.247 e. The van der Waals surface area contributed by atoms with Gasteiger partial charge >= 0.3 is 0 Å². The van der Waals surface area contributed by atoms with E-state index >= 15 is 0 Å². The maximum absolute atomic E-state index is 11.6. The number of carbonyl (C=O) groups excluding carboxylic acids is 1. The Morgan fingerprint density at radius 3 is 2.58 bits per heavy atom. The summed E-state index contributed by atoms with van der Waals surface area (Å²) >= 11 is 0. The molecule has 1 amide bonds. The summed E-state index contributed by atoms with van der Waals surface area (Å²) in [5.74, 6) is -0.214. The molecule has 0 unspecified atom stereocenters. The van der Waals surface area contributed by atoms with Crippen molar-refractivity contribution in [1.29, 1.82) is 0 Å². The van der Waals surface area contributed by atoms with Crippen molar-refractivity contribution >= 4 is 23.0 Å².